The highest BCUT2D eigenvalue weighted by Crippen LogP contribution is 2.32. The lowest BCUT2D eigenvalue weighted by Crippen LogP contribution is -2.26. The maximum Gasteiger partial charge on any atom is 0.419 e. The van der Waals surface area contributed by atoms with Gasteiger partial charge in [-0.3, -0.25) is 4.79 Å². The molecule has 1 rings (SSSR count). The fraction of sp³-hybridized carbons (Fsp3) is 0.462. The number of nitrogens with one attached hydrogen (secondary N) is 1. The van der Waals surface area contributed by atoms with Crippen LogP contribution in [0.4, 0.5) is 17.6 Å². The Bertz CT molecular complexity index is 472. The Morgan fingerprint density at radius 2 is 2.05 bits per heavy atom. The molecule has 0 radical (unpaired) electrons. The van der Waals surface area contributed by atoms with Crippen LogP contribution in [0.3, 0.4) is 0 Å². The van der Waals surface area contributed by atoms with Crippen molar-refractivity contribution in [1.29, 1.82) is 0 Å². The van der Waals surface area contributed by atoms with Crippen molar-refractivity contribution in [1.82, 2.24) is 5.32 Å². The number of carbonyl (C=O) groups excluding carboxylic acids is 1. The summed E-state index contributed by atoms with van der Waals surface area (Å²) in [5, 5.41) is 11.3. The molecule has 0 aliphatic rings. The molecule has 1 unspecified atom stereocenters. The van der Waals surface area contributed by atoms with Crippen LogP contribution in [0.1, 0.15) is 35.7 Å². The van der Waals surface area contributed by atoms with Crippen molar-refractivity contribution in [3.05, 3.63) is 35.1 Å². The first-order valence-corrected chi connectivity index (χ1v) is 6.05. The molecule has 0 heterocycles. The highest BCUT2D eigenvalue weighted by molar-refractivity contribution is 5.94. The number of benzene rings is 1. The standard InChI is InChI=1S/C13H15F4NO2/c1-8(19)4-3-7-18-12(20)9-5-2-6-10(11(9)14)13(15,16)17/h2,5-6,8,19H,3-4,7H2,1H3,(H,18,20). The summed E-state index contributed by atoms with van der Waals surface area (Å²) in [6, 6.07) is 2.56. The number of halogens is 4. The smallest absolute Gasteiger partial charge is 0.393 e. The molecule has 3 nitrogen and oxygen atoms in total. The van der Waals surface area contributed by atoms with E-state index in [4.69, 9.17) is 5.11 Å². The fourth-order valence-electron chi connectivity index (χ4n) is 1.62. The molecule has 2 N–H and O–H groups in total. The molecule has 1 aromatic carbocycles. The molecule has 0 spiro atoms. The molecule has 1 aromatic rings. The van der Waals surface area contributed by atoms with Gasteiger partial charge < -0.3 is 10.4 Å². The second-order valence-corrected chi connectivity index (χ2v) is 4.41. The monoisotopic (exact) mass is 293 g/mol. The molecular formula is C13H15F4NO2. The molecule has 1 atom stereocenters. The first-order chi connectivity index (χ1) is 9.23. The third kappa shape index (κ3) is 4.48. The van der Waals surface area contributed by atoms with E-state index in [-0.39, 0.29) is 6.54 Å². The fourth-order valence-corrected chi connectivity index (χ4v) is 1.62. The lowest BCUT2D eigenvalue weighted by atomic mass is 10.1. The summed E-state index contributed by atoms with van der Waals surface area (Å²) >= 11 is 0. The molecule has 7 heteroatoms. The Balaban J connectivity index is 2.74. The maximum atomic E-state index is 13.6. The Kier molecular flexibility index (Phi) is 5.50. The van der Waals surface area contributed by atoms with Crippen molar-refractivity contribution in [2.75, 3.05) is 6.54 Å². The number of aliphatic hydroxyl groups is 1. The summed E-state index contributed by atoms with van der Waals surface area (Å²) in [5.74, 6) is -2.48. The number of alkyl halides is 3. The van der Waals surface area contributed by atoms with Gasteiger partial charge in [-0.15, -0.1) is 0 Å². The van der Waals surface area contributed by atoms with Gasteiger partial charge in [-0.05, 0) is 31.9 Å². The van der Waals surface area contributed by atoms with E-state index in [9.17, 15) is 22.4 Å². The molecule has 0 aliphatic heterocycles. The van der Waals surface area contributed by atoms with Crippen LogP contribution in [-0.4, -0.2) is 23.7 Å². The van der Waals surface area contributed by atoms with Crippen molar-refractivity contribution in [3.8, 4) is 0 Å². The number of carbonyl (C=O) groups is 1. The summed E-state index contributed by atoms with van der Waals surface area (Å²) in [4.78, 5) is 11.6. The van der Waals surface area contributed by atoms with E-state index in [1.165, 1.54) is 0 Å². The van der Waals surface area contributed by atoms with E-state index in [2.05, 4.69) is 5.32 Å². The molecule has 1 amide bonds. The van der Waals surface area contributed by atoms with Gasteiger partial charge in [-0.2, -0.15) is 13.2 Å². The SMILES string of the molecule is CC(O)CCCNC(=O)c1cccc(C(F)(F)F)c1F. The summed E-state index contributed by atoms with van der Waals surface area (Å²) in [6.45, 7) is 1.73. The zero-order chi connectivity index (χ0) is 15.3. The van der Waals surface area contributed by atoms with Crippen LogP contribution in [0, 0.1) is 5.82 Å². The van der Waals surface area contributed by atoms with Crippen LogP contribution >= 0.6 is 0 Å². The van der Waals surface area contributed by atoms with Crippen LogP contribution < -0.4 is 5.32 Å². The van der Waals surface area contributed by atoms with E-state index >= 15 is 0 Å². The summed E-state index contributed by atoms with van der Waals surface area (Å²) in [6.07, 6.45) is -4.49. The van der Waals surface area contributed by atoms with E-state index in [1.807, 2.05) is 0 Å². The topological polar surface area (TPSA) is 49.3 Å². The third-order valence-corrected chi connectivity index (χ3v) is 2.63. The van der Waals surface area contributed by atoms with E-state index in [0.717, 1.165) is 12.1 Å². The molecule has 0 bridgehead atoms. The zero-order valence-electron chi connectivity index (χ0n) is 10.8. The average molecular weight is 293 g/mol. The molecule has 112 valence electrons. The third-order valence-electron chi connectivity index (χ3n) is 2.63. The van der Waals surface area contributed by atoms with Crippen LogP contribution in [0.15, 0.2) is 18.2 Å². The van der Waals surface area contributed by atoms with Gasteiger partial charge in [-0.25, -0.2) is 4.39 Å². The normalized spacial score (nSPS) is 13.1. The van der Waals surface area contributed by atoms with Gasteiger partial charge in [0.05, 0.1) is 17.2 Å². The van der Waals surface area contributed by atoms with Crippen molar-refractivity contribution in [3.63, 3.8) is 0 Å². The molecule has 0 fully saturated rings. The number of amides is 1. The Hall–Kier alpha value is -1.63. The van der Waals surface area contributed by atoms with Gasteiger partial charge in [0.2, 0.25) is 0 Å². The number of aliphatic hydroxyl groups excluding tert-OH is 1. The largest absolute Gasteiger partial charge is 0.419 e. The lowest BCUT2D eigenvalue weighted by molar-refractivity contribution is -0.140. The molecule has 0 aromatic heterocycles. The number of hydrogen-bond donors (Lipinski definition) is 2. The van der Waals surface area contributed by atoms with Gasteiger partial charge in [0.25, 0.3) is 5.91 Å². The first kappa shape index (κ1) is 16.4. The molecule has 0 saturated heterocycles. The summed E-state index contributed by atoms with van der Waals surface area (Å²) in [5.41, 5.74) is -2.11. The molecule has 0 aliphatic carbocycles. The Morgan fingerprint density at radius 3 is 2.60 bits per heavy atom. The lowest BCUT2D eigenvalue weighted by Gasteiger charge is -2.11. The van der Waals surface area contributed by atoms with E-state index < -0.39 is 35.1 Å². The quantitative estimate of drug-likeness (QED) is 0.648. The van der Waals surface area contributed by atoms with E-state index in [1.54, 1.807) is 6.92 Å². The van der Waals surface area contributed by atoms with E-state index in [0.29, 0.717) is 18.9 Å². The highest BCUT2D eigenvalue weighted by atomic mass is 19.4. The minimum atomic E-state index is -4.84. The van der Waals surface area contributed by atoms with Gasteiger partial charge in [0.15, 0.2) is 0 Å². The van der Waals surface area contributed by atoms with Crippen molar-refractivity contribution in [2.45, 2.75) is 32.0 Å². The Morgan fingerprint density at radius 1 is 1.40 bits per heavy atom. The van der Waals surface area contributed by atoms with Crippen molar-refractivity contribution in [2.24, 2.45) is 0 Å². The van der Waals surface area contributed by atoms with Gasteiger partial charge in [0.1, 0.15) is 5.82 Å². The molecular weight excluding hydrogens is 278 g/mol. The number of rotatable bonds is 5. The molecule has 0 saturated carbocycles. The predicted molar refractivity (Wildman–Crippen MR) is 64.7 cm³/mol. The van der Waals surface area contributed by atoms with Crippen LogP contribution in [0.25, 0.3) is 0 Å². The minimum absolute atomic E-state index is 0.152. The highest BCUT2D eigenvalue weighted by Gasteiger charge is 2.35. The summed E-state index contributed by atoms with van der Waals surface area (Å²) in [7, 11) is 0. The summed E-state index contributed by atoms with van der Waals surface area (Å²) < 4.78 is 51.1. The second-order valence-electron chi connectivity index (χ2n) is 4.41. The molecule has 20 heavy (non-hydrogen) atoms. The maximum absolute atomic E-state index is 13.6. The zero-order valence-corrected chi connectivity index (χ0v) is 10.8. The number of hydrogen-bond acceptors (Lipinski definition) is 2. The van der Waals surface area contributed by atoms with Crippen molar-refractivity contribution < 1.29 is 27.5 Å². The van der Waals surface area contributed by atoms with Gasteiger partial charge in [0, 0.05) is 6.54 Å². The van der Waals surface area contributed by atoms with Gasteiger partial charge in [-0.1, -0.05) is 6.07 Å². The van der Waals surface area contributed by atoms with Gasteiger partial charge >= 0.3 is 6.18 Å². The van der Waals surface area contributed by atoms with Crippen LogP contribution in [0.2, 0.25) is 0 Å². The Labute approximate surface area is 113 Å². The van der Waals surface area contributed by atoms with Crippen LogP contribution in [0.5, 0.6) is 0 Å². The van der Waals surface area contributed by atoms with Crippen molar-refractivity contribution >= 4 is 5.91 Å². The predicted octanol–water partition coefficient (Wildman–Crippen LogP) is 2.74. The van der Waals surface area contributed by atoms with Crippen LogP contribution in [-0.2, 0) is 6.18 Å². The second kappa shape index (κ2) is 6.69. The first-order valence-electron chi connectivity index (χ1n) is 6.05. The minimum Gasteiger partial charge on any atom is -0.393 e. The average Bonchev–Trinajstić information content (AvgIpc) is 2.33.